The van der Waals surface area contributed by atoms with Crippen LogP contribution in [0.2, 0.25) is 5.02 Å². The van der Waals surface area contributed by atoms with E-state index in [1.807, 2.05) is 0 Å². The molecule has 0 amide bonds. The van der Waals surface area contributed by atoms with Gasteiger partial charge in [-0.2, -0.15) is 18.3 Å². The lowest BCUT2D eigenvalue weighted by Crippen LogP contribution is -2.07. The van der Waals surface area contributed by atoms with Crippen LogP contribution in [0, 0.1) is 0 Å². The Morgan fingerprint density at radius 2 is 2.05 bits per heavy atom. The molecule has 0 aliphatic carbocycles. The Bertz CT molecular complexity index is 708. The van der Waals surface area contributed by atoms with E-state index in [0.717, 1.165) is 23.0 Å². The van der Waals surface area contributed by atoms with Crippen molar-refractivity contribution < 1.29 is 23.1 Å². The fourth-order valence-corrected chi connectivity index (χ4v) is 1.82. The molecule has 0 bridgehead atoms. The summed E-state index contributed by atoms with van der Waals surface area (Å²) in [5, 5.41) is 12.4. The first-order valence-corrected chi connectivity index (χ1v) is 5.99. The van der Waals surface area contributed by atoms with Crippen LogP contribution in [-0.4, -0.2) is 20.9 Å². The summed E-state index contributed by atoms with van der Waals surface area (Å²) in [6, 6.07) is 5.20. The Morgan fingerprint density at radius 1 is 1.33 bits per heavy atom. The highest BCUT2D eigenvalue weighted by Crippen LogP contribution is 2.29. The van der Waals surface area contributed by atoms with Gasteiger partial charge >= 0.3 is 12.1 Å². The van der Waals surface area contributed by atoms with Gasteiger partial charge in [-0.3, -0.25) is 0 Å². The highest BCUT2D eigenvalue weighted by molar-refractivity contribution is 6.30. The Labute approximate surface area is 122 Å². The minimum Gasteiger partial charge on any atom is -0.478 e. The predicted octanol–water partition coefficient (Wildman–Crippen LogP) is 3.64. The number of hydrogen-bond acceptors (Lipinski definition) is 2. The molecule has 110 valence electrons. The highest BCUT2D eigenvalue weighted by atomic mass is 35.5. The van der Waals surface area contributed by atoms with Gasteiger partial charge in [-0.15, -0.1) is 0 Å². The van der Waals surface area contributed by atoms with Crippen molar-refractivity contribution in [1.29, 1.82) is 0 Å². The van der Waals surface area contributed by atoms with Gasteiger partial charge in [0, 0.05) is 22.9 Å². The number of hydrogen-bond donors (Lipinski definition) is 1. The number of carbonyl (C=O) groups is 1. The van der Waals surface area contributed by atoms with Gasteiger partial charge in [0.05, 0.1) is 5.69 Å². The van der Waals surface area contributed by atoms with Gasteiger partial charge in [-0.1, -0.05) is 11.6 Å². The van der Waals surface area contributed by atoms with Crippen LogP contribution < -0.4 is 0 Å². The smallest absolute Gasteiger partial charge is 0.435 e. The standard InChI is InChI=1S/C13H8ClF3N2O2/c14-9-2-3-10(8(7-9)1-4-12(20)21)19-6-5-11(18-19)13(15,16)17/h1-7H,(H,20,21)/b4-1+. The lowest BCUT2D eigenvalue weighted by atomic mass is 10.1. The zero-order valence-electron chi connectivity index (χ0n) is 10.3. The van der Waals surface area contributed by atoms with Crippen LogP contribution in [0.25, 0.3) is 11.8 Å². The summed E-state index contributed by atoms with van der Waals surface area (Å²) in [4.78, 5) is 10.5. The van der Waals surface area contributed by atoms with E-state index in [1.54, 1.807) is 0 Å². The van der Waals surface area contributed by atoms with Crippen molar-refractivity contribution in [2.45, 2.75) is 6.18 Å². The van der Waals surface area contributed by atoms with Crippen LogP contribution in [0.3, 0.4) is 0 Å². The van der Waals surface area contributed by atoms with Crippen LogP contribution in [0.5, 0.6) is 0 Å². The molecule has 2 rings (SSSR count). The van der Waals surface area contributed by atoms with Gasteiger partial charge in [0.25, 0.3) is 0 Å². The van der Waals surface area contributed by atoms with Crippen LogP contribution in [-0.2, 0) is 11.0 Å². The summed E-state index contributed by atoms with van der Waals surface area (Å²) in [5.74, 6) is -1.18. The van der Waals surface area contributed by atoms with Crippen molar-refractivity contribution in [3.63, 3.8) is 0 Å². The van der Waals surface area contributed by atoms with E-state index >= 15 is 0 Å². The molecule has 1 N–H and O–H groups in total. The van der Waals surface area contributed by atoms with Crippen molar-refractivity contribution in [3.05, 3.63) is 52.8 Å². The molecule has 0 radical (unpaired) electrons. The number of benzene rings is 1. The molecule has 4 nitrogen and oxygen atoms in total. The van der Waals surface area contributed by atoms with Gasteiger partial charge < -0.3 is 5.11 Å². The molecule has 0 saturated carbocycles. The maximum absolute atomic E-state index is 12.5. The average molecular weight is 317 g/mol. The number of nitrogens with zero attached hydrogens (tertiary/aromatic N) is 2. The van der Waals surface area contributed by atoms with Crippen molar-refractivity contribution in [3.8, 4) is 5.69 Å². The Balaban J connectivity index is 2.48. The second kappa shape index (κ2) is 5.61. The normalized spacial score (nSPS) is 12.0. The molecule has 0 saturated heterocycles. The van der Waals surface area contributed by atoms with Crippen LogP contribution >= 0.6 is 11.6 Å². The molecule has 0 fully saturated rings. The maximum Gasteiger partial charge on any atom is 0.435 e. The summed E-state index contributed by atoms with van der Waals surface area (Å²) < 4.78 is 38.7. The third kappa shape index (κ3) is 3.63. The lowest BCUT2D eigenvalue weighted by molar-refractivity contribution is -0.141. The van der Waals surface area contributed by atoms with Gasteiger partial charge in [0.2, 0.25) is 0 Å². The largest absolute Gasteiger partial charge is 0.478 e. The second-order valence-corrected chi connectivity index (χ2v) is 4.45. The molecule has 0 spiro atoms. The molecule has 21 heavy (non-hydrogen) atoms. The first kappa shape index (κ1) is 15.1. The van der Waals surface area contributed by atoms with Crippen molar-refractivity contribution >= 4 is 23.6 Å². The topological polar surface area (TPSA) is 55.1 Å². The summed E-state index contributed by atoms with van der Waals surface area (Å²) in [6.07, 6.45) is -1.30. The average Bonchev–Trinajstić information content (AvgIpc) is 2.85. The Hall–Kier alpha value is -2.28. The zero-order valence-corrected chi connectivity index (χ0v) is 11.1. The van der Waals surface area contributed by atoms with E-state index in [2.05, 4.69) is 5.10 Å². The third-order valence-corrected chi connectivity index (χ3v) is 2.76. The van der Waals surface area contributed by atoms with Crippen LogP contribution in [0.4, 0.5) is 13.2 Å². The van der Waals surface area contributed by atoms with E-state index in [4.69, 9.17) is 16.7 Å². The monoisotopic (exact) mass is 316 g/mol. The maximum atomic E-state index is 12.5. The van der Waals surface area contributed by atoms with E-state index < -0.39 is 17.8 Å². The molecule has 0 aliphatic rings. The molecule has 1 aromatic carbocycles. The summed E-state index contributed by atoms with van der Waals surface area (Å²) in [7, 11) is 0. The first-order valence-electron chi connectivity index (χ1n) is 5.61. The van der Waals surface area contributed by atoms with E-state index in [9.17, 15) is 18.0 Å². The van der Waals surface area contributed by atoms with Gasteiger partial charge in [-0.05, 0) is 30.3 Å². The minimum absolute atomic E-state index is 0.285. The number of carboxylic acids is 1. The molecule has 0 atom stereocenters. The highest BCUT2D eigenvalue weighted by Gasteiger charge is 2.33. The van der Waals surface area contributed by atoms with E-state index in [-0.39, 0.29) is 5.69 Å². The number of aliphatic carboxylic acids is 1. The number of aromatic nitrogens is 2. The van der Waals surface area contributed by atoms with Crippen LogP contribution in [0.15, 0.2) is 36.5 Å². The van der Waals surface area contributed by atoms with E-state index in [1.165, 1.54) is 24.3 Å². The number of carboxylic acid groups (broad SMARTS) is 1. The molecular formula is C13H8ClF3N2O2. The summed E-state index contributed by atoms with van der Waals surface area (Å²) >= 11 is 5.81. The zero-order chi connectivity index (χ0) is 15.6. The van der Waals surface area contributed by atoms with Gasteiger partial charge in [0.15, 0.2) is 5.69 Å². The Kier molecular flexibility index (Phi) is 4.04. The molecular weight excluding hydrogens is 309 g/mol. The van der Waals surface area contributed by atoms with Crippen LogP contribution in [0.1, 0.15) is 11.3 Å². The molecule has 0 unspecified atom stereocenters. The summed E-state index contributed by atoms with van der Waals surface area (Å²) in [6.45, 7) is 0. The molecule has 1 aromatic heterocycles. The first-order chi connectivity index (χ1) is 9.77. The fourth-order valence-electron chi connectivity index (χ4n) is 1.64. The van der Waals surface area contributed by atoms with Crippen molar-refractivity contribution in [1.82, 2.24) is 9.78 Å². The van der Waals surface area contributed by atoms with Gasteiger partial charge in [0.1, 0.15) is 0 Å². The number of halogens is 4. The molecule has 8 heteroatoms. The molecule has 2 aromatic rings. The number of alkyl halides is 3. The Morgan fingerprint density at radius 3 is 2.62 bits per heavy atom. The summed E-state index contributed by atoms with van der Waals surface area (Å²) in [5.41, 5.74) is -0.417. The van der Waals surface area contributed by atoms with Gasteiger partial charge in [-0.25, -0.2) is 9.48 Å². The minimum atomic E-state index is -4.55. The van der Waals surface area contributed by atoms with E-state index in [0.29, 0.717) is 10.6 Å². The SMILES string of the molecule is O=C(O)/C=C/c1cc(Cl)ccc1-n1ccc(C(F)(F)F)n1. The molecule has 1 heterocycles. The molecule has 0 aliphatic heterocycles. The lowest BCUT2D eigenvalue weighted by Gasteiger charge is -2.07. The fraction of sp³-hybridized carbons (Fsp3) is 0.0769. The quantitative estimate of drug-likeness (QED) is 0.880. The third-order valence-electron chi connectivity index (χ3n) is 2.52. The number of rotatable bonds is 3. The predicted molar refractivity (Wildman–Crippen MR) is 70.2 cm³/mol. The second-order valence-electron chi connectivity index (χ2n) is 4.02. The van der Waals surface area contributed by atoms with Crippen molar-refractivity contribution in [2.75, 3.05) is 0 Å². The van der Waals surface area contributed by atoms with Crippen molar-refractivity contribution in [2.24, 2.45) is 0 Å².